The lowest BCUT2D eigenvalue weighted by molar-refractivity contribution is -0.681. The van der Waals surface area contributed by atoms with Gasteiger partial charge in [-0.05, 0) is 83.5 Å². The molecule has 1 heterocycles. The van der Waals surface area contributed by atoms with Gasteiger partial charge < -0.3 is 0 Å². The van der Waals surface area contributed by atoms with Gasteiger partial charge in [0.2, 0.25) is 0 Å². The van der Waals surface area contributed by atoms with Crippen molar-refractivity contribution in [2.75, 3.05) is 0 Å². The molecular weight excluding hydrogens is 410 g/mol. The van der Waals surface area contributed by atoms with Crippen molar-refractivity contribution in [1.82, 2.24) is 0 Å². The van der Waals surface area contributed by atoms with Gasteiger partial charge >= 0.3 is 0 Å². The van der Waals surface area contributed by atoms with E-state index < -0.39 is 0 Å². The smallest absolute Gasteiger partial charge is 0.195 e. The first-order chi connectivity index (χ1) is 16.4. The van der Waals surface area contributed by atoms with Crippen molar-refractivity contribution in [2.24, 2.45) is 7.05 Å². The highest BCUT2D eigenvalue weighted by Crippen LogP contribution is 2.45. The molecule has 0 aliphatic heterocycles. The van der Waals surface area contributed by atoms with Gasteiger partial charge in [0.1, 0.15) is 12.5 Å². The Hall–Kier alpha value is -3.71. The second-order valence-electron chi connectivity index (χ2n) is 9.60. The Labute approximate surface area is 203 Å². The molecule has 0 bridgehead atoms. The van der Waals surface area contributed by atoms with E-state index in [0.29, 0.717) is 0 Å². The number of pyridine rings is 1. The summed E-state index contributed by atoms with van der Waals surface area (Å²) in [5.74, 6) is 0. The minimum Gasteiger partial charge on any atom is -0.204 e. The third kappa shape index (κ3) is 3.44. The van der Waals surface area contributed by atoms with Gasteiger partial charge in [0.25, 0.3) is 0 Å². The zero-order chi connectivity index (χ0) is 23.9. The molecule has 0 aliphatic rings. The highest BCUT2D eigenvalue weighted by molar-refractivity contribution is 6.00. The lowest BCUT2D eigenvalue weighted by Crippen LogP contribution is -2.43. The van der Waals surface area contributed by atoms with Gasteiger partial charge in [0, 0.05) is 12.1 Å². The first-order valence-electron chi connectivity index (χ1n) is 12.0. The number of fused-ring (bicyclic) bond motifs is 1. The monoisotopic (exact) mass is 442 g/mol. The molecule has 0 aliphatic carbocycles. The summed E-state index contributed by atoms with van der Waals surface area (Å²) in [7, 11) is 2.16. The molecule has 0 spiro atoms. The number of hydrogen-bond acceptors (Lipinski definition) is 0. The molecule has 5 rings (SSSR count). The summed E-state index contributed by atoms with van der Waals surface area (Å²) in [5.41, 5.74) is 10.2. The van der Waals surface area contributed by atoms with Gasteiger partial charge in [0.15, 0.2) is 11.9 Å². The van der Waals surface area contributed by atoms with Crippen LogP contribution in [0.4, 0.5) is 0 Å². The van der Waals surface area contributed by atoms with Gasteiger partial charge in [0.05, 0.1) is 0 Å². The Bertz CT molecular complexity index is 1460. The fraction of sp³-hybridized carbons (Fsp3) is 0.182. The molecule has 0 saturated carbocycles. The van der Waals surface area contributed by atoms with Crippen LogP contribution in [0, 0.1) is 20.8 Å². The van der Waals surface area contributed by atoms with E-state index in [9.17, 15) is 0 Å². The fourth-order valence-electron chi connectivity index (χ4n) is 5.77. The molecule has 5 aromatic rings. The van der Waals surface area contributed by atoms with Crippen LogP contribution < -0.4 is 4.57 Å². The number of hydrogen-bond donors (Lipinski definition) is 0. The number of rotatable bonds is 4. The minimum absolute atomic E-state index is 0.326. The second kappa shape index (κ2) is 8.57. The SMILES string of the molecule is Cc1ccccc1-c1c(C)c(C(C)(c2ccccc2C)c2cccc[n+]2C)cc2ccccc12. The highest BCUT2D eigenvalue weighted by atomic mass is 14.9. The largest absolute Gasteiger partial charge is 0.204 e. The Morgan fingerprint density at radius 1 is 0.647 bits per heavy atom. The molecule has 0 amide bonds. The van der Waals surface area contributed by atoms with Crippen LogP contribution in [0.25, 0.3) is 21.9 Å². The Morgan fingerprint density at radius 2 is 1.29 bits per heavy atom. The topological polar surface area (TPSA) is 3.88 Å². The summed E-state index contributed by atoms with van der Waals surface area (Å²) < 4.78 is 2.27. The third-order valence-corrected chi connectivity index (χ3v) is 7.51. The molecule has 0 saturated heterocycles. The average molecular weight is 443 g/mol. The molecule has 1 unspecified atom stereocenters. The van der Waals surface area contributed by atoms with Crippen LogP contribution in [-0.4, -0.2) is 0 Å². The van der Waals surface area contributed by atoms with E-state index in [0.717, 1.165) is 0 Å². The Kier molecular flexibility index (Phi) is 5.57. The standard InChI is InChI=1S/C33H32N/c1-23-14-6-9-17-27(23)32-25(3)30(22-26-16-8-10-18-28(26)32)33(4,29-19-11-7-15-24(29)2)31-20-12-13-21-34(31)5/h6-22H,1-5H3/q+1. The summed E-state index contributed by atoms with van der Waals surface area (Å²) >= 11 is 0. The molecule has 0 radical (unpaired) electrons. The lowest BCUT2D eigenvalue weighted by atomic mass is 9.68. The van der Waals surface area contributed by atoms with Crippen molar-refractivity contribution in [2.45, 2.75) is 33.1 Å². The molecule has 1 heteroatoms. The van der Waals surface area contributed by atoms with Crippen molar-refractivity contribution in [3.8, 4) is 11.1 Å². The summed E-state index contributed by atoms with van der Waals surface area (Å²) in [6, 6.07) is 35.4. The molecule has 1 atom stereocenters. The van der Waals surface area contributed by atoms with E-state index in [1.807, 2.05) is 0 Å². The van der Waals surface area contributed by atoms with Gasteiger partial charge in [-0.3, -0.25) is 0 Å². The van der Waals surface area contributed by atoms with E-state index in [2.05, 4.69) is 143 Å². The van der Waals surface area contributed by atoms with Crippen LogP contribution in [0.2, 0.25) is 0 Å². The average Bonchev–Trinajstić information content (AvgIpc) is 2.84. The van der Waals surface area contributed by atoms with Crippen LogP contribution in [0.15, 0.2) is 103 Å². The molecule has 4 aromatic carbocycles. The minimum atomic E-state index is -0.326. The summed E-state index contributed by atoms with van der Waals surface area (Å²) in [4.78, 5) is 0. The highest BCUT2D eigenvalue weighted by Gasteiger charge is 2.40. The summed E-state index contributed by atoms with van der Waals surface area (Å²) in [5, 5.41) is 2.59. The molecule has 1 nitrogen and oxygen atoms in total. The normalized spacial score (nSPS) is 13.1. The molecule has 34 heavy (non-hydrogen) atoms. The summed E-state index contributed by atoms with van der Waals surface area (Å²) in [6.45, 7) is 9.15. The molecule has 0 N–H and O–H groups in total. The van der Waals surface area contributed by atoms with E-state index in [4.69, 9.17) is 0 Å². The first kappa shape index (κ1) is 22.1. The van der Waals surface area contributed by atoms with E-state index >= 15 is 0 Å². The maximum atomic E-state index is 2.42. The van der Waals surface area contributed by atoms with Crippen LogP contribution in [0.3, 0.4) is 0 Å². The van der Waals surface area contributed by atoms with Gasteiger partial charge in [-0.2, -0.15) is 0 Å². The molecular formula is C33H32N+. The van der Waals surface area contributed by atoms with E-state index in [1.165, 1.54) is 55.4 Å². The second-order valence-corrected chi connectivity index (χ2v) is 9.60. The van der Waals surface area contributed by atoms with Crippen LogP contribution in [-0.2, 0) is 12.5 Å². The number of aromatic nitrogens is 1. The zero-order valence-corrected chi connectivity index (χ0v) is 20.8. The van der Waals surface area contributed by atoms with E-state index in [-0.39, 0.29) is 5.41 Å². The van der Waals surface area contributed by atoms with Crippen molar-refractivity contribution in [3.05, 3.63) is 137 Å². The summed E-state index contributed by atoms with van der Waals surface area (Å²) in [6.07, 6.45) is 2.16. The predicted octanol–water partition coefficient (Wildman–Crippen LogP) is 7.61. The van der Waals surface area contributed by atoms with Crippen LogP contribution >= 0.6 is 0 Å². The van der Waals surface area contributed by atoms with Crippen molar-refractivity contribution in [3.63, 3.8) is 0 Å². The first-order valence-corrected chi connectivity index (χ1v) is 12.0. The predicted molar refractivity (Wildman–Crippen MR) is 143 cm³/mol. The number of aryl methyl sites for hydroxylation is 3. The molecule has 0 fully saturated rings. The number of benzene rings is 4. The Balaban J connectivity index is 1.95. The zero-order valence-electron chi connectivity index (χ0n) is 20.8. The van der Waals surface area contributed by atoms with Gasteiger partial charge in [-0.15, -0.1) is 0 Å². The Morgan fingerprint density at radius 3 is 2.03 bits per heavy atom. The molecule has 1 aromatic heterocycles. The van der Waals surface area contributed by atoms with E-state index in [1.54, 1.807) is 0 Å². The van der Waals surface area contributed by atoms with Crippen LogP contribution in [0.1, 0.15) is 40.4 Å². The van der Waals surface area contributed by atoms with Gasteiger partial charge in [-0.1, -0.05) is 78.9 Å². The lowest BCUT2D eigenvalue weighted by Gasteiger charge is -2.33. The third-order valence-electron chi connectivity index (χ3n) is 7.51. The van der Waals surface area contributed by atoms with Crippen LogP contribution in [0.5, 0.6) is 0 Å². The fourth-order valence-corrected chi connectivity index (χ4v) is 5.77. The van der Waals surface area contributed by atoms with Crippen molar-refractivity contribution in [1.29, 1.82) is 0 Å². The van der Waals surface area contributed by atoms with Crippen molar-refractivity contribution < 1.29 is 4.57 Å². The maximum absolute atomic E-state index is 2.42. The maximum Gasteiger partial charge on any atom is 0.195 e. The quantitative estimate of drug-likeness (QED) is 0.252. The van der Waals surface area contributed by atoms with Crippen molar-refractivity contribution >= 4 is 10.8 Å². The van der Waals surface area contributed by atoms with Gasteiger partial charge in [-0.25, -0.2) is 4.57 Å². The number of nitrogens with zero attached hydrogens (tertiary/aromatic N) is 1. The molecule has 168 valence electrons.